The molecule has 0 saturated carbocycles. The van der Waals surface area contributed by atoms with Gasteiger partial charge in [0.2, 0.25) is 5.91 Å². The predicted molar refractivity (Wildman–Crippen MR) is 156 cm³/mol. The molecule has 2 aromatic rings. The molecule has 7 nitrogen and oxygen atoms in total. The van der Waals surface area contributed by atoms with Gasteiger partial charge in [0.1, 0.15) is 0 Å². The lowest BCUT2D eigenvalue weighted by molar-refractivity contribution is -0.139. The molecule has 1 N–H and O–H groups in total. The van der Waals surface area contributed by atoms with Gasteiger partial charge in [0.25, 0.3) is 0 Å². The number of hydrogen-bond acceptors (Lipinski definition) is 6. The fourth-order valence-corrected chi connectivity index (χ4v) is 6.38. The molecule has 2 fully saturated rings. The Bertz CT molecular complexity index is 1310. The molecular formula is C30H41F3N4O3S. The number of nitrogens with one attached hydrogen (secondary N) is 1. The van der Waals surface area contributed by atoms with E-state index in [9.17, 15) is 26.4 Å². The topological polar surface area (TPSA) is 73.0 Å². The summed E-state index contributed by atoms with van der Waals surface area (Å²) >= 11 is 0. The second kappa shape index (κ2) is 12.2. The minimum atomic E-state index is -4.78. The van der Waals surface area contributed by atoms with Crippen molar-refractivity contribution in [1.29, 1.82) is 0 Å². The fourth-order valence-electron chi connectivity index (χ4n) is 5.49. The number of benzene rings is 2. The maximum Gasteiger partial charge on any atom is 0.417 e. The normalized spacial score (nSPS) is 18.0. The van der Waals surface area contributed by atoms with E-state index in [0.717, 1.165) is 44.6 Å². The van der Waals surface area contributed by atoms with Crippen LogP contribution in [0.1, 0.15) is 51.2 Å². The molecule has 0 aromatic heterocycles. The molecule has 11 heteroatoms. The fraction of sp³-hybridized carbons (Fsp3) is 0.567. The molecular weight excluding hydrogens is 553 g/mol. The van der Waals surface area contributed by atoms with Gasteiger partial charge >= 0.3 is 6.18 Å². The van der Waals surface area contributed by atoms with Crippen LogP contribution in [0.5, 0.6) is 0 Å². The number of piperazine rings is 1. The van der Waals surface area contributed by atoms with Crippen LogP contribution in [-0.4, -0.2) is 82.2 Å². The Morgan fingerprint density at radius 3 is 2.07 bits per heavy atom. The number of halogens is 3. The number of sulfone groups is 1. The maximum atomic E-state index is 13.5. The van der Waals surface area contributed by atoms with E-state index in [4.69, 9.17) is 0 Å². The molecule has 41 heavy (non-hydrogen) atoms. The Hall–Kier alpha value is -2.79. The summed E-state index contributed by atoms with van der Waals surface area (Å²) in [6.07, 6.45) is -2.36. The van der Waals surface area contributed by atoms with Gasteiger partial charge in [-0.05, 0) is 54.2 Å². The van der Waals surface area contributed by atoms with E-state index in [2.05, 4.69) is 60.2 Å². The highest BCUT2D eigenvalue weighted by Gasteiger charge is 2.36. The minimum absolute atomic E-state index is 0.0977. The number of amides is 1. The van der Waals surface area contributed by atoms with Crippen LogP contribution in [-0.2, 0) is 26.2 Å². The molecule has 2 aromatic carbocycles. The van der Waals surface area contributed by atoms with Crippen LogP contribution in [0.3, 0.4) is 0 Å². The first-order valence-corrected chi connectivity index (χ1v) is 16.0. The summed E-state index contributed by atoms with van der Waals surface area (Å²) in [5.74, 6) is 0.0977. The van der Waals surface area contributed by atoms with Gasteiger partial charge < -0.3 is 15.1 Å². The van der Waals surface area contributed by atoms with Crippen LogP contribution in [0.15, 0.2) is 47.4 Å². The van der Waals surface area contributed by atoms with Gasteiger partial charge in [-0.15, -0.1) is 0 Å². The van der Waals surface area contributed by atoms with Gasteiger partial charge in [0.05, 0.1) is 10.5 Å². The first kappa shape index (κ1) is 31.2. The summed E-state index contributed by atoms with van der Waals surface area (Å²) in [4.78, 5) is 18.7. The summed E-state index contributed by atoms with van der Waals surface area (Å²) < 4.78 is 64.1. The molecule has 2 aliphatic rings. The van der Waals surface area contributed by atoms with E-state index < -0.39 is 26.5 Å². The van der Waals surface area contributed by atoms with Gasteiger partial charge in [-0.2, -0.15) is 13.2 Å². The highest BCUT2D eigenvalue weighted by molar-refractivity contribution is 7.90. The number of carbonyl (C=O) groups is 1. The Morgan fingerprint density at radius 1 is 0.927 bits per heavy atom. The zero-order chi connectivity index (χ0) is 30.0. The zero-order valence-electron chi connectivity index (χ0n) is 24.3. The summed E-state index contributed by atoms with van der Waals surface area (Å²) in [5.41, 5.74) is 1.73. The number of alkyl halides is 3. The molecule has 2 saturated heterocycles. The van der Waals surface area contributed by atoms with Gasteiger partial charge in [0, 0.05) is 75.9 Å². The third-order valence-electron chi connectivity index (χ3n) is 8.02. The number of hydrogen-bond donors (Lipinski definition) is 1. The van der Waals surface area contributed by atoms with Crippen LogP contribution in [0.2, 0.25) is 0 Å². The SMILES string of the molecule is CC(C)(C)c1ccc(N2CCN(CCC(=O)N3CCC(Nc4ccc(S(C)(=O)=O)c(C(F)(F)F)c4)CC3)CC2)cc1. The van der Waals surface area contributed by atoms with Gasteiger partial charge in [0.15, 0.2) is 9.84 Å². The summed E-state index contributed by atoms with van der Waals surface area (Å²) in [7, 11) is -4.02. The number of nitrogens with zero attached hydrogens (tertiary/aromatic N) is 3. The van der Waals surface area contributed by atoms with Crippen LogP contribution in [0.25, 0.3) is 0 Å². The third-order valence-corrected chi connectivity index (χ3v) is 9.17. The largest absolute Gasteiger partial charge is 0.417 e. The Morgan fingerprint density at radius 2 is 1.54 bits per heavy atom. The zero-order valence-corrected chi connectivity index (χ0v) is 25.1. The maximum absolute atomic E-state index is 13.5. The van der Waals surface area contributed by atoms with Crippen LogP contribution in [0, 0.1) is 0 Å². The first-order chi connectivity index (χ1) is 19.1. The Labute approximate surface area is 241 Å². The lowest BCUT2D eigenvalue weighted by Gasteiger charge is -2.37. The van der Waals surface area contributed by atoms with E-state index in [-0.39, 0.29) is 23.1 Å². The van der Waals surface area contributed by atoms with E-state index >= 15 is 0 Å². The van der Waals surface area contributed by atoms with Crippen molar-refractivity contribution in [2.24, 2.45) is 0 Å². The van der Waals surface area contributed by atoms with Gasteiger partial charge in [-0.25, -0.2) is 8.42 Å². The van der Waals surface area contributed by atoms with Crippen molar-refractivity contribution in [3.05, 3.63) is 53.6 Å². The molecule has 1 amide bonds. The predicted octanol–water partition coefficient (Wildman–Crippen LogP) is 5.02. The molecule has 2 heterocycles. The monoisotopic (exact) mass is 594 g/mol. The summed E-state index contributed by atoms with van der Waals surface area (Å²) in [6, 6.07) is 11.9. The summed E-state index contributed by atoms with van der Waals surface area (Å²) in [5, 5.41) is 3.10. The average molecular weight is 595 g/mol. The lowest BCUT2D eigenvalue weighted by Crippen LogP contribution is -2.48. The standard InChI is InChI=1S/C30H41F3N4O3S/c1-29(2,3)22-5-8-25(9-6-22)36-19-17-35(18-20-36)14-13-28(38)37-15-11-23(12-16-37)34-24-7-10-27(41(4,39)40)26(21-24)30(31,32)33/h5-10,21,23,34H,11-20H2,1-4H3. The van der Waals surface area contributed by atoms with Crippen molar-refractivity contribution in [2.45, 2.75) is 62.6 Å². The summed E-state index contributed by atoms with van der Waals surface area (Å²) in [6.45, 7) is 12.0. The van der Waals surface area contributed by atoms with Crippen molar-refractivity contribution in [1.82, 2.24) is 9.80 Å². The molecule has 2 aliphatic heterocycles. The van der Waals surface area contributed by atoms with Crippen LogP contribution >= 0.6 is 0 Å². The highest BCUT2D eigenvalue weighted by Crippen LogP contribution is 2.36. The lowest BCUT2D eigenvalue weighted by atomic mass is 9.87. The van der Waals surface area contributed by atoms with Crippen molar-refractivity contribution in [3.63, 3.8) is 0 Å². The number of rotatable bonds is 7. The molecule has 0 aliphatic carbocycles. The highest BCUT2D eigenvalue weighted by atomic mass is 32.2. The molecule has 0 unspecified atom stereocenters. The Balaban J connectivity index is 1.21. The second-order valence-corrected chi connectivity index (χ2v) is 14.1. The molecule has 0 bridgehead atoms. The molecule has 0 atom stereocenters. The van der Waals surface area contributed by atoms with Crippen molar-refractivity contribution >= 4 is 27.1 Å². The molecule has 0 radical (unpaired) electrons. The number of carbonyl (C=O) groups excluding carboxylic acids is 1. The number of anilines is 2. The van der Waals surface area contributed by atoms with E-state index in [1.54, 1.807) is 0 Å². The second-order valence-electron chi connectivity index (χ2n) is 12.2. The molecule has 4 rings (SSSR count). The first-order valence-electron chi connectivity index (χ1n) is 14.1. The number of piperidine rings is 1. The minimum Gasteiger partial charge on any atom is -0.382 e. The quantitative estimate of drug-likeness (QED) is 0.486. The number of likely N-dealkylation sites (tertiary alicyclic amines) is 1. The van der Waals surface area contributed by atoms with Crippen LogP contribution < -0.4 is 10.2 Å². The smallest absolute Gasteiger partial charge is 0.382 e. The average Bonchev–Trinajstić information content (AvgIpc) is 2.91. The van der Waals surface area contributed by atoms with Crippen molar-refractivity contribution < 1.29 is 26.4 Å². The van der Waals surface area contributed by atoms with E-state index in [0.29, 0.717) is 38.9 Å². The van der Waals surface area contributed by atoms with Crippen molar-refractivity contribution in [2.75, 3.05) is 62.3 Å². The molecule has 0 spiro atoms. The Kier molecular flexibility index (Phi) is 9.28. The van der Waals surface area contributed by atoms with E-state index in [1.165, 1.54) is 17.3 Å². The van der Waals surface area contributed by atoms with Crippen LogP contribution in [0.4, 0.5) is 24.5 Å². The molecule has 226 valence electrons. The van der Waals surface area contributed by atoms with Gasteiger partial charge in [-0.1, -0.05) is 32.9 Å². The van der Waals surface area contributed by atoms with E-state index in [1.807, 2.05) is 4.90 Å². The van der Waals surface area contributed by atoms with Gasteiger partial charge in [-0.3, -0.25) is 9.69 Å². The third kappa shape index (κ3) is 8.16. The van der Waals surface area contributed by atoms with Crippen molar-refractivity contribution in [3.8, 4) is 0 Å².